The number of esters is 1. The van der Waals surface area contributed by atoms with Gasteiger partial charge in [0, 0.05) is 5.56 Å². The fourth-order valence-electron chi connectivity index (χ4n) is 4.08. The van der Waals surface area contributed by atoms with Gasteiger partial charge in [-0.05, 0) is 92.1 Å². The van der Waals surface area contributed by atoms with Crippen molar-refractivity contribution in [2.75, 3.05) is 6.61 Å². The van der Waals surface area contributed by atoms with Crippen LogP contribution >= 0.6 is 0 Å². The lowest BCUT2D eigenvalue weighted by Crippen LogP contribution is -2.43. The van der Waals surface area contributed by atoms with Crippen molar-refractivity contribution >= 4 is 11.9 Å². The number of hydrogen-bond donors (Lipinski definition) is 2. The lowest BCUT2D eigenvalue weighted by atomic mass is 9.90. The molecule has 0 bridgehead atoms. The van der Waals surface area contributed by atoms with Crippen LogP contribution in [0.3, 0.4) is 0 Å². The van der Waals surface area contributed by atoms with Crippen LogP contribution in [0.15, 0.2) is 24.3 Å². The Kier molecular flexibility index (Phi) is 9.11. The Morgan fingerprint density at radius 1 is 1.03 bits per heavy atom. The molecular formula is C26H34F2N2O3. The second-order valence-corrected chi connectivity index (χ2v) is 8.92. The zero-order valence-corrected chi connectivity index (χ0v) is 20.2. The maximum Gasteiger partial charge on any atom is 0.308 e. The molecule has 1 amide bonds. The van der Waals surface area contributed by atoms with Gasteiger partial charge in [-0.3, -0.25) is 9.59 Å². The number of hydrogen-bond acceptors (Lipinski definition) is 4. The average molecular weight is 461 g/mol. The standard InChI is InChI=1S/C26H34F2N2O3/c1-7-33-23(31)13-22(30-26(32)21(29)8-14(2)3)20-12-18(9-17(6)25(20)28)24-15(4)10-19(27)11-16(24)5/h9-12,14,21-22H,7-8,13,29H2,1-6H3,(H,30,32)/t21-,22-/m0/s1. The van der Waals surface area contributed by atoms with Gasteiger partial charge in [0.15, 0.2) is 0 Å². The van der Waals surface area contributed by atoms with E-state index in [4.69, 9.17) is 10.5 Å². The third-order valence-corrected chi connectivity index (χ3v) is 5.50. The zero-order valence-electron chi connectivity index (χ0n) is 20.2. The molecule has 2 atom stereocenters. The van der Waals surface area contributed by atoms with E-state index in [2.05, 4.69) is 5.32 Å². The first-order chi connectivity index (χ1) is 15.4. The molecule has 180 valence electrons. The van der Waals surface area contributed by atoms with Crippen LogP contribution < -0.4 is 11.1 Å². The molecule has 0 spiro atoms. The molecule has 0 unspecified atom stereocenters. The van der Waals surface area contributed by atoms with E-state index in [1.165, 1.54) is 12.1 Å². The molecule has 0 saturated heterocycles. The highest BCUT2D eigenvalue weighted by Crippen LogP contribution is 2.34. The molecule has 0 saturated carbocycles. The van der Waals surface area contributed by atoms with Gasteiger partial charge >= 0.3 is 5.97 Å². The van der Waals surface area contributed by atoms with Crippen LogP contribution in [-0.4, -0.2) is 24.5 Å². The molecule has 0 heterocycles. The van der Waals surface area contributed by atoms with Crippen LogP contribution in [0.1, 0.15) is 61.9 Å². The zero-order chi connectivity index (χ0) is 24.9. The van der Waals surface area contributed by atoms with Gasteiger partial charge in [-0.25, -0.2) is 8.78 Å². The van der Waals surface area contributed by atoms with Crippen molar-refractivity contribution in [1.82, 2.24) is 5.32 Å². The van der Waals surface area contributed by atoms with Gasteiger partial charge in [0.2, 0.25) is 5.91 Å². The normalized spacial score (nSPS) is 13.0. The summed E-state index contributed by atoms with van der Waals surface area (Å²) in [5.41, 5.74) is 9.38. The molecule has 5 nitrogen and oxygen atoms in total. The smallest absolute Gasteiger partial charge is 0.308 e. The van der Waals surface area contributed by atoms with Crippen LogP contribution in [0.2, 0.25) is 0 Å². The summed E-state index contributed by atoms with van der Waals surface area (Å²) in [6, 6.07) is 4.37. The lowest BCUT2D eigenvalue weighted by Gasteiger charge is -2.24. The first kappa shape index (κ1) is 26.5. The third-order valence-electron chi connectivity index (χ3n) is 5.50. The largest absolute Gasteiger partial charge is 0.466 e. The SMILES string of the molecule is CCOC(=O)C[C@H](NC(=O)[C@@H](N)CC(C)C)c1cc(-c2c(C)cc(F)cc2C)cc(C)c1F. The van der Waals surface area contributed by atoms with E-state index in [0.717, 1.165) is 5.56 Å². The second-order valence-electron chi connectivity index (χ2n) is 8.92. The molecule has 0 aliphatic rings. The number of rotatable bonds is 9. The molecule has 2 aromatic rings. The fourth-order valence-corrected chi connectivity index (χ4v) is 4.08. The van der Waals surface area contributed by atoms with Crippen molar-refractivity contribution in [2.24, 2.45) is 11.7 Å². The highest BCUT2D eigenvalue weighted by molar-refractivity contribution is 5.83. The van der Waals surface area contributed by atoms with Gasteiger partial charge in [0.25, 0.3) is 0 Å². The van der Waals surface area contributed by atoms with Gasteiger partial charge < -0.3 is 15.8 Å². The molecule has 0 aromatic heterocycles. The molecule has 0 radical (unpaired) electrons. The molecule has 2 rings (SSSR count). The van der Waals surface area contributed by atoms with Gasteiger partial charge in [-0.15, -0.1) is 0 Å². The summed E-state index contributed by atoms with van der Waals surface area (Å²) < 4.78 is 34.2. The molecule has 2 aromatic carbocycles. The Balaban J connectivity index is 2.55. The summed E-state index contributed by atoms with van der Waals surface area (Å²) in [7, 11) is 0. The number of ether oxygens (including phenoxy) is 1. The third kappa shape index (κ3) is 6.84. The molecule has 33 heavy (non-hydrogen) atoms. The monoisotopic (exact) mass is 460 g/mol. The number of benzene rings is 2. The first-order valence-corrected chi connectivity index (χ1v) is 11.2. The number of aryl methyl sites for hydroxylation is 3. The molecule has 0 aliphatic carbocycles. The molecule has 0 aliphatic heterocycles. The quantitative estimate of drug-likeness (QED) is 0.514. The van der Waals surface area contributed by atoms with E-state index in [0.29, 0.717) is 28.7 Å². The molecule has 3 N–H and O–H groups in total. The molecule has 7 heteroatoms. The van der Waals surface area contributed by atoms with Crippen LogP contribution in [-0.2, 0) is 14.3 Å². The minimum absolute atomic E-state index is 0.159. The maximum atomic E-state index is 15.3. The Bertz CT molecular complexity index is 998. The van der Waals surface area contributed by atoms with Crippen molar-refractivity contribution < 1.29 is 23.1 Å². The summed E-state index contributed by atoms with van der Waals surface area (Å²) >= 11 is 0. The van der Waals surface area contributed by atoms with Crippen LogP contribution in [0.4, 0.5) is 8.78 Å². The Morgan fingerprint density at radius 2 is 1.64 bits per heavy atom. The maximum absolute atomic E-state index is 15.3. The number of carbonyl (C=O) groups is 2. The topological polar surface area (TPSA) is 81.4 Å². The van der Waals surface area contributed by atoms with E-state index in [1.54, 1.807) is 39.8 Å². The summed E-state index contributed by atoms with van der Waals surface area (Å²) in [6.45, 7) is 10.9. The van der Waals surface area contributed by atoms with E-state index in [9.17, 15) is 14.0 Å². The second kappa shape index (κ2) is 11.4. The van der Waals surface area contributed by atoms with Crippen LogP contribution in [0.25, 0.3) is 11.1 Å². The minimum Gasteiger partial charge on any atom is -0.466 e. The summed E-state index contributed by atoms with van der Waals surface area (Å²) in [5.74, 6) is -1.70. The highest BCUT2D eigenvalue weighted by Gasteiger charge is 2.27. The van der Waals surface area contributed by atoms with E-state index in [-0.39, 0.29) is 30.3 Å². The Hall–Kier alpha value is -2.80. The predicted octanol–water partition coefficient (Wildman–Crippen LogP) is 5.04. The van der Waals surface area contributed by atoms with Gasteiger partial charge in [0.05, 0.1) is 25.1 Å². The predicted molar refractivity (Wildman–Crippen MR) is 126 cm³/mol. The van der Waals surface area contributed by atoms with Crippen LogP contribution in [0, 0.1) is 38.3 Å². The number of halogens is 2. The average Bonchev–Trinajstić information content (AvgIpc) is 2.68. The van der Waals surface area contributed by atoms with E-state index < -0.39 is 29.8 Å². The van der Waals surface area contributed by atoms with Gasteiger partial charge in [-0.2, -0.15) is 0 Å². The number of amides is 1. The van der Waals surface area contributed by atoms with E-state index >= 15 is 4.39 Å². The summed E-state index contributed by atoms with van der Waals surface area (Å²) in [5, 5.41) is 2.75. The molecule has 0 fully saturated rings. The fraction of sp³-hybridized carbons (Fsp3) is 0.462. The molecular weight excluding hydrogens is 426 g/mol. The summed E-state index contributed by atoms with van der Waals surface area (Å²) in [6.07, 6.45) is 0.211. The van der Waals surface area contributed by atoms with E-state index in [1.807, 2.05) is 13.8 Å². The number of carbonyl (C=O) groups excluding carboxylic acids is 2. The van der Waals surface area contributed by atoms with Crippen molar-refractivity contribution in [1.29, 1.82) is 0 Å². The highest BCUT2D eigenvalue weighted by atomic mass is 19.1. The van der Waals surface area contributed by atoms with Gasteiger partial charge in [-0.1, -0.05) is 13.8 Å². The van der Waals surface area contributed by atoms with Crippen molar-refractivity contribution in [3.05, 3.63) is 58.2 Å². The van der Waals surface area contributed by atoms with Crippen molar-refractivity contribution in [2.45, 2.75) is 66.5 Å². The van der Waals surface area contributed by atoms with Crippen molar-refractivity contribution in [3.8, 4) is 11.1 Å². The van der Waals surface area contributed by atoms with Crippen molar-refractivity contribution in [3.63, 3.8) is 0 Å². The first-order valence-electron chi connectivity index (χ1n) is 11.2. The number of nitrogens with one attached hydrogen (secondary N) is 1. The minimum atomic E-state index is -0.963. The Morgan fingerprint density at radius 3 is 2.18 bits per heavy atom. The number of nitrogens with two attached hydrogens (primary N) is 1. The van der Waals surface area contributed by atoms with Crippen LogP contribution in [0.5, 0.6) is 0 Å². The van der Waals surface area contributed by atoms with Gasteiger partial charge in [0.1, 0.15) is 11.6 Å². The Labute approximate surface area is 194 Å². The lowest BCUT2D eigenvalue weighted by molar-refractivity contribution is -0.143. The summed E-state index contributed by atoms with van der Waals surface area (Å²) in [4.78, 5) is 25.0.